The van der Waals surface area contributed by atoms with Crippen LogP contribution in [0, 0.1) is 6.92 Å². The van der Waals surface area contributed by atoms with Gasteiger partial charge in [0.2, 0.25) is 0 Å². The number of ether oxygens (including phenoxy) is 1. The maximum atomic E-state index is 13.0. The Hall–Kier alpha value is -3.76. The minimum atomic E-state index is -4.36. The minimum absolute atomic E-state index is 0.656. The van der Waals surface area contributed by atoms with Gasteiger partial charge < -0.3 is 4.74 Å². The van der Waals surface area contributed by atoms with Crippen molar-refractivity contribution < 1.29 is 22.7 Å². The molecule has 3 aromatic carbocycles. The first-order valence-electron chi connectivity index (χ1n) is 14.1. The fourth-order valence-electron chi connectivity index (χ4n) is 5.39. The van der Waals surface area contributed by atoms with Gasteiger partial charge in [0.1, 0.15) is 5.75 Å². The van der Waals surface area contributed by atoms with Gasteiger partial charge in [0, 0.05) is 52.2 Å². The highest BCUT2D eigenvalue weighted by Gasteiger charge is 2.30. The number of benzene rings is 3. The molecule has 7 aromatic rings. The van der Waals surface area contributed by atoms with Crippen molar-refractivity contribution in [1.29, 1.82) is 0 Å². The van der Waals surface area contributed by atoms with E-state index in [0.717, 1.165) is 66.8 Å². The molecule has 4 heterocycles. The molecule has 0 atom stereocenters. The van der Waals surface area contributed by atoms with Crippen LogP contribution in [0.2, 0.25) is 0 Å². The third kappa shape index (κ3) is 6.10. The summed E-state index contributed by atoms with van der Waals surface area (Å²) in [5.74, 6) is 0.742. The first-order chi connectivity index (χ1) is 21.7. The summed E-state index contributed by atoms with van der Waals surface area (Å²) in [6, 6.07) is 26.5. The van der Waals surface area contributed by atoms with Crippen molar-refractivity contribution in [2.75, 3.05) is 7.11 Å². The van der Waals surface area contributed by atoms with Gasteiger partial charge in [0.05, 0.1) is 17.6 Å². The molecule has 9 heteroatoms. The third-order valence-corrected chi connectivity index (χ3v) is 12.3. The molecule has 0 unspecified atom stereocenters. The number of halogens is 3. The van der Waals surface area contributed by atoms with E-state index in [4.69, 9.17) is 4.74 Å². The number of hydrogen-bond donors (Lipinski definition) is 0. The Morgan fingerprint density at radius 2 is 1.22 bits per heavy atom. The van der Waals surface area contributed by atoms with Crippen LogP contribution >= 0.6 is 45.3 Å². The van der Waals surface area contributed by atoms with E-state index in [-0.39, 0.29) is 0 Å². The van der Waals surface area contributed by atoms with Crippen molar-refractivity contribution in [2.45, 2.75) is 25.9 Å². The molecule has 4 aromatic heterocycles. The number of thiophene rings is 4. The van der Waals surface area contributed by atoms with Gasteiger partial charge in [-0.15, -0.1) is 45.3 Å². The lowest BCUT2D eigenvalue weighted by Crippen LogP contribution is -2.03. The van der Waals surface area contributed by atoms with Crippen LogP contribution in [-0.2, 0) is 19.0 Å². The van der Waals surface area contributed by atoms with Crippen LogP contribution in [0.25, 0.3) is 41.1 Å². The summed E-state index contributed by atoms with van der Waals surface area (Å²) < 4.78 is 47.1. The number of alkyl halides is 3. The van der Waals surface area contributed by atoms with E-state index in [1.54, 1.807) is 52.5 Å². The van der Waals surface area contributed by atoms with Crippen molar-refractivity contribution >= 4 is 71.8 Å². The van der Waals surface area contributed by atoms with E-state index in [1.807, 2.05) is 12.1 Å². The highest BCUT2D eigenvalue weighted by molar-refractivity contribution is 7.21. The van der Waals surface area contributed by atoms with Crippen LogP contribution in [0.5, 0.6) is 5.75 Å². The maximum Gasteiger partial charge on any atom is 0.416 e. The van der Waals surface area contributed by atoms with Crippen molar-refractivity contribution in [3.05, 3.63) is 121 Å². The molecule has 0 saturated carbocycles. The molecule has 0 radical (unpaired) electrons. The lowest BCUT2D eigenvalue weighted by Gasteiger charge is -2.06. The van der Waals surface area contributed by atoms with Gasteiger partial charge in [-0.2, -0.15) is 13.2 Å². The van der Waals surface area contributed by atoms with Gasteiger partial charge in [-0.3, -0.25) is 4.79 Å². The van der Waals surface area contributed by atoms with Gasteiger partial charge in [-0.05, 0) is 77.4 Å². The molecule has 0 spiro atoms. The fraction of sp³-hybridized carbons (Fsp3) is 0.139. The summed E-state index contributed by atoms with van der Waals surface area (Å²) >= 11 is 6.73. The molecular weight excluding hydrogens is 650 g/mol. The number of carbonyl (C=O) groups is 1. The minimum Gasteiger partial charge on any atom is -0.496 e. The first-order valence-corrected chi connectivity index (χ1v) is 17.4. The molecular formula is C36H25F3O2S4. The van der Waals surface area contributed by atoms with E-state index in [0.29, 0.717) is 6.42 Å². The number of aldehydes is 1. The highest BCUT2D eigenvalue weighted by atomic mass is 32.1. The zero-order valence-electron chi connectivity index (χ0n) is 24.2. The van der Waals surface area contributed by atoms with Crippen molar-refractivity contribution in [3.8, 4) is 26.6 Å². The molecule has 7 rings (SSSR count). The largest absolute Gasteiger partial charge is 0.496 e. The zero-order chi connectivity index (χ0) is 31.3. The molecule has 226 valence electrons. The molecule has 0 fully saturated rings. The topological polar surface area (TPSA) is 26.3 Å². The second kappa shape index (κ2) is 11.9. The average Bonchev–Trinajstić information content (AvgIpc) is 3.80. The average molecular weight is 675 g/mol. The van der Waals surface area contributed by atoms with E-state index in [1.165, 1.54) is 47.6 Å². The lowest BCUT2D eigenvalue weighted by atomic mass is 10.1. The Balaban J connectivity index is 1.12. The Morgan fingerprint density at radius 3 is 1.78 bits per heavy atom. The SMILES string of the molecule is COc1cc(-c2ccc(C(F)(F)F)cc2)sc1Cc1cc2cc3sc(Cc4sc(-c5ccc(C)cc5)cc4C=O)cc3cc2s1. The maximum absolute atomic E-state index is 13.0. The van der Waals surface area contributed by atoms with Crippen molar-refractivity contribution in [2.24, 2.45) is 0 Å². The first kappa shape index (κ1) is 29.9. The van der Waals surface area contributed by atoms with Crippen molar-refractivity contribution in [3.63, 3.8) is 0 Å². The second-order valence-electron chi connectivity index (χ2n) is 10.9. The summed E-state index contributed by atoms with van der Waals surface area (Å²) in [7, 11) is 1.62. The smallest absolute Gasteiger partial charge is 0.416 e. The number of carbonyl (C=O) groups excluding carboxylic acids is 1. The predicted octanol–water partition coefficient (Wildman–Crippen LogP) is 11.9. The second-order valence-corrected chi connectivity index (χ2v) is 15.5. The number of fused-ring (bicyclic) bond motifs is 2. The molecule has 0 amide bonds. The summed E-state index contributed by atoms with van der Waals surface area (Å²) in [6.07, 6.45) is -1.99. The predicted molar refractivity (Wildman–Crippen MR) is 184 cm³/mol. The number of rotatable bonds is 8. The standard InChI is InChI=1S/C36H25F3O2S4/c1-20-3-5-21(6-4-20)30-15-25(19-40)33(44-30)16-27-11-23-13-32-24(14-31(23)42-27)12-28(43-32)17-35-29(41-2)18-34(45-35)22-7-9-26(10-8-22)36(37,38)39/h3-15,18-19H,16-17H2,1-2H3. The Bertz CT molecular complexity index is 2110. The number of methoxy groups -OCH3 is 1. The summed E-state index contributed by atoms with van der Waals surface area (Å²) in [5, 5.41) is 2.37. The van der Waals surface area contributed by atoms with Gasteiger partial charge in [0.25, 0.3) is 0 Å². The molecule has 0 aliphatic rings. The summed E-state index contributed by atoms with van der Waals surface area (Å²) in [5.41, 5.74) is 3.17. The normalized spacial score (nSPS) is 11.9. The Kier molecular flexibility index (Phi) is 7.90. The Morgan fingerprint density at radius 1 is 0.689 bits per heavy atom. The monoisotopic (exact) mass is 674 g/mol. The number of aryl methyl sites for hydroxylation is 1. The van der Waals surface area contributed by atoms with Crippen LogP contribution in [0.4, 0.5) is 13.2 Å². The lowest BCUT2D eigenvalue weighted by molar-refractivity contribution is -0.137. The van der Waals surface area contributed by atoms with Gasteiger partial charge in [0.15, 0.2) is 6.29 Å². The van der Waals surface area contributed by atoms with Crippen LogP contribution in [0.1, 0.15) is 41.0 Å². The molecule has 0 bridgehead atoms. The summed E-state index contributed by atoms with van der Waals surface area (Å²) in [6.45, 7) is 2.07. The van der Waals surface area contributed by atoms with E-state index in [2.05, 4.69) is 55.5 Å². The van der Waals surface area contributed by atoms with Gasteiger partial charge in [-0.25, -0.2) is 0 Å². The third-order valence-electron chi connectivity index (χ3n) is 7.72. The highest BCUT2D eigenvalue weighted by Crippen LogP contribution is 2.42. The summed E-state index contributed by atoms with van der Waals surface area (Å²) in [4.78, 5) is 18.4. The van der Waals surface area contributed by atoms with Crippen molar-refractivity contribution in [1.82, 2.24) is 0 Å². The Labute approximate surface area is 274 Å². The van der Waals surface area contributed by atoms with Crippen LogP contribution in [0.15, 0.2) is 84.9 Å². The fourth-order valence-corrected chi connectivity index (χ4v) is 10.1. The molecule has 2 nitrogen and oxygen atoms in total. The van der Waals surface area contributed by atoms with Crippen LogP contribution in [-0.4, -0.2) is 13.4 Å². The van der Waals surface area contributed by atoms with E-state index >= 15 is 0 Å². The van der Waals surface area contributed by atoms with E-state index in [9.17, 15) is 18.0 Å². The molecule has 0 aliphatic carbocycles. The quantitative estimate of drug-likeness (QED) is 0.150. The molecule has 0 saturated heterocycles. The van der Waals surface area contributed by atoms with Gasteiger partial charge >= 0.3 is 6.18 Å². The molecule has 0 N–H and O–H groups in total. The number of hydrogen-bond acceptors (Lipinski definition) is 6. The zero-order valence-corrected chi connectivity index (χ0v) is 27.4. The van der Waals surface area contributed by atoms with Gasteiger partial charge in [-0.1, -0.05) is 42.0 Å². The van der Waals surface area contributed by atoms with E-state index < -0.39 is 11.7 Å². The molecule has 45 heavy (non-hydrogen) atoms. The van der Waals surface area contributed by atoms with Crippen LogP contribution in [0.3, 0.4) is 0 Å². The van der Waals surface area contributed by atoms with Crippen LogP contribution < -0.4 is 4.74 Å². The molecule has 0 aliphatic heterocycles.